The zero-order valence-electron chi connectivity index (χ0n) is 6.61. The van der Waals surface area contributed by atoms with E-state index in [1.165, 1.54) is 4.90 Å². The molecule has 0 aliphatic carbocycles. The van der Waals surface area contributed by atoms with E-state index < -0.39 is 0 Å². The topological polar surface area (TPSA) is 21.5 Å². The Morgan fingerprint density at radius 1 is 1.70 bits per heavy atom. The number of Topliss-reactive ketones (excluding diaryl/α,β-unsaturated/α-hetero) is 1. The Morgan fingerprint density at radius 3 is 2.80 bits per heavy atom. The third-order valence-corrected chi connectivity index (χ3v) is 1.97. The zero-order chi connectivity index (χ0) is 7.56. The Balaban J connectivity index is 2.56. The van der Waals surface area contributed by atoms with Crippen LogP contribution in [0.4, 0.5) is 0 Å². The lowest BCUT2D eigenvalue weighted by Gasteiger charge is -2.17. The Kier molecular flexibility index (Phi) is 2.22. The highest BCUT2D eigenvalue weighted by atomic mass is 16.1. The van der Waals surface area contributed by atoms with Crippen molar-refractivity contribution in [1.82, 2.24) is 0 Å². The van der Waals surface area contributed by atoms with Crippen LogP contribution in [-0.2, 0) is 4.79 Å². The molecule has 1 heterocycles. The summed E-state index contributed by atoms with van der Waals surface area (Å²) in [5.41, 5.74) is 1.02. The predicted octanol–water partition coefficient (Wildman–Crippen LogP) is -0.580. The van der Waals surface area contributed by atoms with Crippen molar-refractivity contribution in [2.45, 2.75) is 13.3 Å². The standard InChI is InChI=1S/C8H13NO/c1-7(10)8-3-5-9(2)6-4-8/h3H,4-6H2,1-2H3/p+1. The van der Waals surface area contributed by atoms with Crippen LogP contribution < -0.4 is 4.90 Å². The van der Waals surface area contributed by atoms with E-state index in [4.69, 9.17) is 0 Å². The highest BCUT2D eigenvalue weighted by molar-refractivity contribution is 5.93. The summed E-state index contributed by atoms with van der Waals surface area (Å²) in [6.07, 6.45) is 3.02. The second kappa shape index (κ2) is 2.97. The summed E-state index contributed by atoms with van der Waals surface area (Å²) < 4.78 is 0. The van der Waals surface area contributed by atoms with Gasteiger partial charge in [0.1, 0.15) is 0 Å². The maximum atomic E-state index is 10.8. The minimum absolute atomic E-state index is 0.243. The summed E-state index contributed by atoms with van der Waals surface area (Å²) in [4.78, 5) is 12.3. The number of hydrogen-bond donors (Lipinski definition) is 1. The van der Waals surface area contributed by atoms with E-state index in [2.05, 4.69) is 13.1 Å². The summed E-state index contributed by atoms with van der Waals surface area (Å²) >= 11 is 0. The van der Waals surface area contributed by atoms with E-state index >= 15 is 0 Å². The second-order valence-corrected chi connectivity index (χ2v) is 2.95. The first-order valence-electron chi connectivity index (χ1n) is 3.71. The van der Waals surface area contributed by atoms with E-state index in [1.54, 1.807) is 6.92 Å². The molecule has 1 atom stereocenters. The maximum absolute atomic E-state index is 10.8. The summed E-state index contributed by atoms with van der Waals surface area (Å²) in [5.74, 6) is 0.243. The molecule has 1 aliphatic rings. The quantitative estimate of drug-likeness (QED) is 0.517. The van der Waals surface area contributed by atoms with E-state index in [9.17, 15) is 4.79 Å². The summed E-state index contributed by atoms with van der Waals surface area (Å²) in [6, 6.07) is 0. The van der Waals surface area contributed by atoms with E-state index in [0.29, 0.717) is 0 Å². The lowest BCUT2D eigenvalue weighted by atomic mass is 10.1. The molecule has 0 saturated heterocycles. The Bertz CT molecular complexity index is 172. The number of quaternary nitrogens is 1. The third-order valence-electron chi connectivity index (χ3n) is 1.97. The van der Waals surface area contributed by atoms with Crippen molar-refractivity contribution in [3.63, 3.8) is 0 Å². The van der Waals surface area contributed by atoms with E-state index in [0.717, 1.165) is 25.1 Å². The summed E-state index contributed by atoms with van der Waals surface area (Å²) in [7, 11) is 2.15. The molecule has 0 aromatic heterocycles. The molecule has 1 unspecified atom stereocenters. The van der Waals surface area contributed by atoms with E-state index in [1.807, 2.05) is 0 Å². The number of likely N-dealkylation sites (N-methyl/N-ethyl adjacent to an activating group) is 1. The number of ketones is 1. The molecule has 1 rings (SSSR count). The van der Waals surface area contributed by atoms with Crippen LogP contribution in [0.15, 0.2) is 11.6 Å². The first kappa shape index (κ1) is 7.48. The highest BCUT2D eigenvalue weighted by Gasteiger charge is 2.12. The van der Waals surface area contributed by atoms with Gasteiger partial charge in [-0.1, -0.05) is 0 Å². The van der Waals surface area contributed by atoms with Crippen LogP contribution in [0.1, 0.15) is 13.3 Å². The normalized spacial score (nSPS) is 25.8. The molecule has 10 heavy (non-hydrogen) atoms. The predicted molar refractivity (Wildman–Crippen MR) is 40.0 cm³/mol. The van der Waals surface area contributed by atoms with Crippen molar-refractivity contribution in [1.29, 1.82) is 0 Å². The fourth-order valence-electron chi connectivity index (χ4n) is 1.17. The van der Waals surface area contributed by atoms with Gasteiger partial charge in [-0.25, -0.2) is 0 Å². The van der Waals surface area contributed by atoms with Crippen LogP contribution in [0.3, 0.4) is 0 Å². The highest BCUT2D eigenvalue weighted by Crippen LogP contribution is 2.01. The molecular weight excluding hydrogens is 126 g/mol. The van der Waals surface area contributed by atoms with Crippen LogP contribution in [0.25, 0.3) is 0 Å². The van der Waals surface area contributed by atoms with Gasteiger partial charge in [-0.2, -0.15) is 0 Å². The maximum Gasteiger partial charge on any atom is 0.155 e. The SMILES string of the molecule is CC(=O)C1=CC[NH+](C)CC1. The minimum atomic E-state index is 0.243. The van der Waals surface area contributed by atoms with Crippen molar-refractivity contribution in [2.75, 3.05) is 20.1 Å². The van der Waals surface area contributed by atoms with Crippen LogP contribution in [0.2, 0.25) is 0 Å². The Hall–Kier alpha value is -0.630. The average Bonchev–Trinajstić information content (AvgIpc) is 1.88. The van der Waals surface area contributed by atoms with Crippen molar-refractivity contribution in [3.05, 3.63) is 11.6 Å². The van der Waals surface area contributed by atoms with Gasteiger partial charge in [-0.3, -0.25) is 4.79 Å². The molecule has 1 N–H and O–H groups in total. The molecule has 0 bridgehead atoms. The number of nitrogens with one attached hydrogen (secondary N) is 1. The van der Waals surface area contributed by atoms with Crippen molar-refractivity contribution in [3.8, 4) is 0 Å². The van der Waals surface area contributed by atoms with Crippen LogP contribution in [0.5, 0.6) is 0 Å². The van der Waals surface area contributed by atoms with Crippen LogP contribution >= 0.6 is 0 Å². The largest absolute Gasteiger partial charge is 0.334 e. The first-order valence-corrected chi connectivity index (χ1v) is 3.71. The average molecular weight is 140 g/mol. The molecular formula is C8H14NO+. The summed E-state index contributed by atoms with van der Waals surface area (Å²) in [5, 5.41) is 0. The Labute approximate surface area is 61.5 Å². The monoisotopic (exact) mass is 140 g/mol. The molecule has 2 nitrogen and oxygen atoms in total. The molecule has 0 amide bonds. The number of carbonyl (C=O) groups excluding carboxylic acids is 1. The van der Waals surface area contributed by atoms with Crippen LogP contribution in [-0.4, -0.2) is 25.9 Å². The fraction of sp³-hybridized carbons (Fsp3) is 0.625. The summed E-state index contributed by atoms with van der Waals surface area (Å²) in [6.45, 7) is 3.76. The molecule has 56 valence electrons. The van der Waals surface area contributed by atoms with Gasteiger partial charge in [0.2, 0.25) is 0 Å². The van der Waals surface area contributed by atoms with Gasteiger partial charge < -0.3 is 4.90 Å². The van der Waals surface area contributed by atoms with Crippen molar-refractivity contribution < 1.29 is 9.69 Å². The smallest absolute Gasteiger partial charge is 0.155 e. The number of carbonyl (C=O) groups is 1. The second-order valence-electron chi connectivity index (χ2n) is 2.95. The fourth-order valence-corrected chi connectivity index (χ4v) is 1.17. The van der Waals surface area contributed by atoms with Crippen LogP contribution in [0, 0.1) is 0 Å². The molecule has 0 fully saturated rings. The van der Waals surface area contributed by atoms with Crippen molar-refractivity contribution >= 4 is 5.78 Å². The van der Waals surface area contributed by atoms with Gasteiger partial charge in [-0.05, 0) is 13.0 Å². The van der Waals surface area contributed by atoms with Gasteiger partial charge in [0.25, 0.3) is 0 Å². The first-order chi connectivity index (χ1) is 4.70. The lowest BCUT2D eigenvalue weighted by Crippen LogP contribution is -3.09. The number of hydrogen-bond acceptors (Lipinski definition) is 1. The molecule has 1 aliphatic heterocycles. The molecule has 0 aromatic carbocycles. The minimum Gasteiger partial charge on any atom is -0.334 e. The van der Waals surface area contributed by atoms with E-state index in [-0.39, 0.29) is 5.78 Å². The molecule has 0 spiro atoms. The van der Waals surface area contributed by atoms with Gasteiger partial charge in [0, 0.05) is 12.0 Å². The van der Waals surface area contributed by atoms with Crippen molar-refractivity contribution in [2.24, 2.45) is 0 Å². The molecule has 0 aromatic rings. The van der Waals surface area contributed by atoms with Gasteiger partial charge in [-0.15, -0.1) is 0 Å². The third kappa shape index (κ3) is 1.67. The Morgan fingerprint density at radius 2 is 2.40 bits per heavy atom. The lowest BCUT2D eigenvalue weighted by molar-refractivity contribution is -0.874. The molecule has 2 heteroatoms. The van der Waals surface area contributed by atoms with Gasteiger partial charge in [0.15, 0.2) is 5.78 Å². The number of rotatable bonds is 1. The van der Waals surface area contributed by atoms with Gasteiger partial charge >= 0.3 is 0 Å². The molecule has 0 saturated carbocycles. The zero-order valence-corrected chi connectivity index (χ0v) is 6.61. The van der Waals surface area contributed by atoms with Gasteiger partial charge in [0.05, 0.1) is 20.1 Å². The molecule has 0 radical (unpaired) electrons.